The van der Waals surface area contributed by atoms with Gasteiger partial charge in [0.15, 0.2) is 0 Å². The second-order valence-corrected chi connectivity index (χ2v) is 5.91. The molecule has 0 spiro atoms. The van der Waals surface area contributed by atoms with E-state index in [-0.39, 0.29) is 5.97 Å². The van der Waals surface area contributed by atoms with Gasteiger partial charge in [0.05, 0.1) is 6.61 Å². The van der Waals surface area contributed by atoms with Crippen molar-refractivity contribution in [3.8, 4) is 0 Å². The molecule has 1 atom stereocenters. The van der Waals surface area contributed by atoms with Crippen LogP contribution in [0.2, 0.25) is 0 Å². The monoisotopic (exact) mass is 247 g/mol. The van der Waals surface area contributed by atoms with E-state index in [9.17, 15) is 4.79 Å². The molecule has 0 bridgehead atoms. The Kier molecular flexibility index (Phi) is 7.85. The lowest BCUT2D eigenvalue weighted by Gasteiger charge is -2.21. The Bertz CT molecular complexity index is 205. The van der Waals surface area contributed by atoms with Crippen molar-refractivity contribution in [1.82, 2.24) is 0 Å². The Hall–Kier alpha value is -0.220. The average Bonchev–Trinajstić information content (AvgIpc) is 2.17. The van der Waals surface area contributed by atoms with Crippen LogP contribution in [0, 0.1) is 5.92 Å². The normalized spacial score (nSPS) is 14.9. The average molecular weight is 247 g/mol. The number of carbonyl (C=O) groups excluding carboxylic acids is 1. The molecule has 0 radical (unpaired) electrons. The summed E-state index contributed by atoms with van der Waals surface area (Å²) in [4.78, 5) is 11.5. The van der Waals surface area contributed by atoms with E-state index in [1.165, 1.54) is 6.42 Å². The van der Waals surface area contributed by atoms with Crippen molar-refractivity contribution in [1.29, 1.82) is 0 Å². The molecule has 0 aliphatic carbocycles. The summed E-state index contributed by atoms with van der Waals surface area (Å²) in [6.07, 6.45) is 1.89. The quantitative estimate of drug-likeness (QED) is 0.529. The summed E-state index contributed by atoms with van der Waals surface area (Å²) in [6, 6.07) is 0. The summed E-state index contributed by atoms with van der Waals surface area (Å²) >= 11 is 1.86. The van der Waals surface area contributed by atoms with Gasteiger partial charge in [-0.2, -0.15) is 11.8 Å². The molecule has 0 aromatic carbocycles. The van der Waals surface area contributed by atoms with Crippen molar-refractivity contribution >= 4 is 17.7 Å². The lowest BCUT2D eigenvalue weighted by atomic mass is 10.0. The minimum absolute atomic E-state index is 0.292. The van der Waals surface area contributed by atoms with E-state index in [2.05, 4.69) is 13.8 Å². The first-order chi connectivity index (χ1) is 7.40. The Morgan fingerprint density at radius 3 is 2.56 bits per heavy atom. The van der Waals surface area contributed by atoms with E-state index in [0.29, 0.717) is 13.0 Å². The molecule has 0 aromatic rings. The molecule has 2 N–H and O–H groups in total. The van der Waals surface area contributed by atoms with Crippen LogP contribution in [0.3, 0.4) is 0 Å². The smallest absolute Gasteiger partial charge is 0.325 e. The van der Waals surface area contributed by atoms with Gasteiger partial charge in [-0.3, -0.25) is 4.79 Å². The Labute approximate surface area is 103 Å². The van der Waals surface area contributed by atoms with Crippen LogP contribution < -0.4 is 5.73 Å². The van der Waals surface area contributed by atoms with Gasteiger partial charge in [0.25, 0.3) is 0 Å². The molecule has 0 heterocycles. The van der Waals surface area contributed by atoms with E-state index >= 15 is 0 Å². The van der Waals surface area contributed by atoms with Gasteiger partial charge in [-0.15, -0.1) is 0 Å². The van der Waals surface area contributed by atoms with E-state index in [4.69, 9.17) is 10.5 Å². The highest BCUT2D eigenvalue weighted by atomic mass is 32.2. The van der Waals surface area contributed by atoms with Crippen molar-refractivity contribution in [2.24, 2.45) is 11.7 Å². The van der Waals surface area contributed by atoms with Crippen molar-refractivity contribution in [2.45, 2.75) is 46.1 Å². The molecule has 3 nitrogen and oxygen atoms in total. The molecule has 0 fully saturated rings. The van der Waals surface area contributed by atoms with Crippen LogP contribution >= 0.6 is 11.8 Å². The van der Waals surface area contributed by atoms with Gasteiger partial charge in [0.2, 0.25) is 0 Å². The SMILES string of the molecule is CCOC(=O)C(C)(N)CCSCCC(C)C. The number of hydrogen-bond donors (Lipinski definition) is 1. The number of esters is 1. The third kappa shape index (κ3) is 7.12. The standard InChI is InChI=1S/C12H25NO2S/c1-5-15-11(14)12(4,13)7-9-16-8-6-10(2)3/h10H,5-9,13H2,1-4H3. The predicted octanol–water partition coefficient (Wildman–Crippen LogP) is 2.44. The molecule has 0 saturated heterocycles. The molecule has 0 rings (SSSR count). The van der Waals surface area contributed by atoms with Gasteiger partial charge in [0, 0.05) is 0 Å². The minimum Gasteiger partial charge on any atom is -0.465 e. The summed E-state index contributed by atoms with van der Waals surface area (Å²) in [6.45, 7) is 8.37. The van der Waals surface area contributed by atoms with E-state index in [0.717, 1.165) is 17.4 Å². The zero-order valence-electron chi connectivity index (χ0n) is 10.9. The van der Waals surface area contributed by atoms with E-state index < -0.39 is 5.54 Å². The summed E-state index contributed by atoms with van der Waals surface area (Å²) in [7, 11) is 0. The van der Waals surface area contributed by atoms with Crippen LogP contribution in [0.15, 0.2) is 0 Å². The zero-order valence-corrected chi connectivity index (χ0v) is 11.7. The topological polar surface area (TPSA) is 52.3 Å². The maximum absolute atomic E-state index is 11.5. The van der Waals surface area contributed by atoms with Gasteiger partial charge in [0.1, 0.15) is 5.54 Å². The van der Waals surface area contributed by atoms with Gasteiger partial charge >= 0.3 is 5.97 Å². The maximum Gasteiger partial charge on any atom is 0.325 e. The molecule has 0 amide bonds. The highest BCUT2D eigenvalue weighted by molar-refractivity contribution is 7.99. The van der Waals surface area contributed by atoms with Gasteiger partial charge in [-0.1, -0.05) is 13.8 Å². The minimum atomic E-state index is -0.832. The summed E-state index contributed by atoms with van der Waals surface area (Å²) < 4.78 is 4.93. The van der Waals surface area contributed by atoms with Crippen LogP contribution in [0.4, 0.5) is 0 Å². The first-order valence-corrected chi connectivity index (χ1v) is 7.09. The molecule has 0 saturated carbocycles. The molecule has 0 aliphatic rings. The molecule has 1 unspecified atom stereocenters. The Balaban J connectivity index is 3.69. The van der Waals surface area contributed by atoms with Gasteiger partial charge < -0.3 is 10.5 Å². The second-order valence-electron chi connectivity index (χ2n) is 4.68. The van der Waals surface area contributed by atoms with Gasteiger partial charge in [-0.05, 0) is 44.1 Å². The Morgan fingerprint density at radius 1 is 1.44 bits per heavy atom. The second kappa shape index (κ2) is 7.96. The van der Waals surface area contributed by atoms with Crippen LogP contribution in [0.25, 0.3) is 0 Å². The van der Waals surface area contributed by atoms with Gasteiger partial charge in [-0.25, -0.2) is 0 Å². The summed E-state index contributed by atoms with van der Waals surface area (Å²) in [5.74, 6) is 2.50. The summed E-state index contributed by atoms with van der Waals surface area (Å²) in [5.41, 5.74) is 5.07. The van der Waals surface area contributed by atoms with E-state index in [1.54, 1.807) is 13.8 Å². The van der Waals surface area contributed by atoms with Crippen molar-refractivity contribution in [2.75, 3.05) is 18.1 Å². The maximum atomic E-state index is 11.5. The fourth-order valence-electron chi connectivity index (χ4n) is 1.10. The van der Waals surface area contributed by atoms with Crippen molar-refractivity contribution in [3.63, 3.8) is 0 Å². The van der Waals surface area contributed by atoms with Crippen LogP contribution in [0.5, 0.6) is 0 Å². The van der Waals surface area contributed by atoms with Crippen LogP contribution in [-0.2, 0) is 9.53 Å². The molecule has 96 valence electrons. The summed E-state index contributed by atoms with van der Waals surface area (Å²) in [5, 5.41) is 0. The third-order valence-corrected chi connectivity index (χ3v) is 3.36. The molecule has 0 aromatic heterocycles. The number of rotatable bonds is 8. The largest absolute Gasteiger partial charge is 0.465 e. The first kappa shape index (κ1) is 15.8. The molecule has 0 aliphatic heterocycles. The lowest BCUT2D eigenvalue weighted by molar-refractivity contribution is -0.149. The number of hydrogen-bond acceptors (Lipinski definition) is 4. The predicted molar refractivity (Wildman–Crippen MR) is 70.6 cm³/mol. The first-order valence-electron chi connectivity index (χ1n) is 5.94. The van der Waals surface area contributed by atoms with E-state index in [1.807, 2.05) is 11.8 Å². The Morgan fingerprint density at radius 2 is 2.06 bits per heavy atom. The van der Waals surface area contributed by atoms with Crippen LogP contribution in [0.1, 0.15) is 40.5 Å². The fraction of sp³-hybridized carbons (Fsp3) is 0.917. The number of ether oxygens (including phenoxy) is 1. The molecular formula is C12H25NO2S. The number of nitrogens with two attached hydrogens (primary N) is 1. The highest BCUT2D eigenvalue weighted by Crippen LogP contribution is 2.15. The van der Waals surface area contributed by atoms with Crippen molar-refractivity contribution < 1.29 is 9.53 Å². The lowest BCUT2D eigenvalue weighted by Crippen LogP contribution is -2.46. The number of carbonyl (C=O) groups is 1. The molecule has 4 heteroatoms. The van der Waals surface area contributed by atoms with Crippen molar-refractivity contribution in [3.05, 3.63) is 0 Å². The number of thioether (sulfide) groups is 1. The molecule has 16 heavy (non-hydrogen) atoms. The fourth-order valence-corrected chi connectivity index (χ4v) is 2.51. The highest BCUT2D eigenvalue weighted by Gasteiger charge is 2.29. The third-order valence-electron chi connectivity index (χ3n) is 2.35. The van der Waals surface area contributed by atoms with Crippen LogP contribution in [-0.4, -0.2) is 29.6 Å². The zero-order chi connectivity index (χ0) is 12.6. The molecular weight excluding hydrogens is 222 g/mol.